The molecule has 0 saturated heterocycles. The van der Waals surface area contributed by atoms with Crippen molar-refractivity contribution in [3.05, 3.63) is 35.4 Å². The highest BCUT2D eigenvalue weighted by Gasteiger charge is 2.15. The number of aryl methyl sites for hydroxylation is 2. The Morgan fingerprint density at radius 3 is 2.64 bits per heavy atom. The lowest BCUT2D eigenvalue weighted by molar-refractivity contribution is 0.473. The summed E-state index contributed by atoms with van der Waals surface area (Å²) < 4.78 is 3.72. The van der Waals surface area contributed by atoms with Crippen molar-refractivity contribution in [2.24, 2.45) is 19.1 Å². The van der Waals surface area contributed by atoms with Gasteiger partial charge in [0.2, 0.25) is 0 Å². The predicted octanol–water partition coefficient (Wildman–Crippen LogP) is 1.92. The molecule has 0 spiro atoms. The van der Waals surface area contributed by atoms with Crippen LogP contribution in [0.15, 0.2) is 23.6 Å². The quantitative estimate of drug-likeness (QED) is 0.615. The standard InChI is InChI=1S/C18H31N7/c1-7-19-18(20-9-8-15-10-21-24(5)11-15)23(4)12-16-13-25(6)22-17(16)14(2)3/h10-11,13-14H,7-9,12H2,1-6H3,(H,19,20). The first kappa shape index (κ1) is 19.0. The van der Waals surface area contributed by atoms with Crippen LogP contribution in [0.25, 0.3) is 0 Å². The molecule has 0 aromatic carbocycles. The molecule has 0 fully saturated rings. The number of nitrogens with one attached hydrogen (secondary N) is 1. The number of aromatic nitrogens is 4. The molecule has 138 valence electrons. The van der Waals surface area contributed by atoms with Gasteiger partial charge in [-0.15, -0.1) is 0 Å². The third-order valence-electron chi connectivity index (χ3n) is 4.01. The molecule has 0 atom stereocenters. The van der Waals surface area contributed by atoms with Crippen molar-refractivity contribution in [3.8, 4) is 0 Å². The first-order valence-electron chi connectivity index (χ1n) is 8.90. The molecule has 7 heteroatoms. The maximum absolute atomic E-state index is 4.76. The van der Waals surface area contributed by atoms with E-state index in [0.29, 0.717) is 5.92 Å². The Balaban J connectivity index is 2.04. The van der Waals surface area contributed by atoms with E-state index >= 15 is 0 Å². The lowest BCUT2D eigenvalue weighted by atomic mass is 10.1. The van der Waals surface area contributed by atoms with Crippen LogP contribution in [0.4, 0.5) is 0 Å². The monoisotopic (exact) mass is 345 g/mol. The van der Waals surface area contributed by atoms with E-state index in [2.05, 4.69) is 54.4 Å². The molecular formula is C18H31N7. The van der Waals surface area contributed by atoms with Crippen LogP contribution in [0.3, 0.4) is 0 Å². The molecule has 0 bridgehead atoms. The van der Waals surface area contributed by atoms with E-state index in [4.69, 9.17) is 4.99 Å². The van der Waals surface area contributed by atoms with Gasteiger partial charge in [0, 0.05) is 58.7 Å². The number of aliphatic imine (C=N–C) groups is 1. The molecule has 1 N–H and O–H groups in total. The topological polar surface area (TPSA) is 63.3 Å². The van der Waals surface area contributed by atoms with Crippen molar-refractivity contribution in [2.75, 3.05) is 20.1 Å². The maximum atomic E-state index is 4.76. The third kappa shape index (κ3) is 5.34. The van der Waals surface area contributed by atoms with Crippen molar-refractivity contribution in [1.29, 1.82) is 0 Å². The fourth-order valence-electron chi connectivity index (χ4n) is 2.85. The summed E-state index contributed by atoms with van der Waals surface area (Å²) in [5.41, 5.74) is 3.61. The van der Waals surface area contributed by atoms with Gasteiger partial charge in [-0.2, -0.15) is 10.2 Å². The normalized spacial score (nSPS) is 12.0. The zero-order valence-corrected chi connectivity index (χ0v) is 16.3. The first-order valence-corrected chi connectivity index (χ1v) is 8.90. The summed E-state index contributed by atoms with van der Waals surface area (Å²) in [6.07, 6.45) is 6.93. The highest BCUT2D eigenvalue weighted by atomic mass is 15.3. The molecule has 0 aliphatic rings. The molecule has 0 unspecified atom stereocenters. The average molecular weight is 345 g/mol. The average Bonchev–Trinajstić information content (AvgIpc) is 3.12. The van der Waals surface area contributed by atoms with Crippen LogP contribution in [0.1, 0.15) is 43.5 Å². The number of guanidine groups is 1. The van der Waals surface area contributed by atoms with Gasteiger partial charge in [-0.1, -0.05) is 13.8 Å². The smallest absolute Gasteiger partial charge is 0.193 e. The Hall–Kier alpha value is -2.31. The second-order valence-electron chi connectivity index (χ2n) is 6.73. The highest BCUT2D eigenvalue weighted by Crippen LogP contribution is 2.18. The largest absolute Gasteiger partial charge is 0.357 e. The minimum absolute atomic E-state index is 0.412. The number of hydrogen-bond donors (Lipinski definition) is 1. The molecule has 2 rings (SSSR count). The molecule has 0 radical (unpaired) electrons. The summed E-state index contributed by atoms with van der Waals surface area (Å²) in [6, 6.07) is 0. The van der Waals surface area contributed by atoms with Crippen molar-refractivity contribution in [3.63, 3.8) is 0 Å². The van der Waals surface area contributed by atoms with Crippen molar-refractivity contribution >= 4 is 5.96 Å². The number of hydrogen-bond acceptors (Lipinski definition) is 3. The minimum Gasteiger partial charge on any atom is -0.357 e. The fourth-order valence-corrected chi connectivity index (χ4v) is 2.85. The van der Waals surface area contributed by atoms with Crippen LogP contribution in [-0.2, 0) is 27.1 Å². The molecule has 0 aliphatic heterocycles. The van der Waals surface area contributed by atoms with E-state index in [9.17, 15) is 0 Å². The second-order valence-corrected chi connectivity index (χ2v) is 6.73. The summed E-state index contributed by atoms with van der Waals surface area (Å²) in [4.78, 5) is 6.92. The lowest BCUT2D eigenvalue weighted by Crippen LogP contribution is -2.38. The van der Waals surface area contributed by atoms with E-state index in [1.165, 1.54) is 11.1 Å². The summed E-state index contributed by atoms with van der Waals surface area (Å²) in [7, 11) is 5.98. The third-order valence-corrected chi connectivity index (χ3v) is 4.01. The van der Waals surface area contributed by atoms with Gasteiger partial charge in [0.05, 0.1) is 11.9 Å². The summed E-state index contributed by atoms with van der Waals surface area (Å²) in [5, 5.41) is 12.2. The summed E-state index contributed by atoms with van der Waals surface area (Å²) >= 11 is 0. The molecule has 0 amide bonds. The van der Waals surface area contributed by atoms with Crippen molar-refractivity contribution in [1.82, 2.24) is 29.8 Å². The van der Waals surface area contributed by atoms with Crippen LogP contribution in [0.2, 0.25) is 0 Å². The van der Waals surface area contributed by atoms with Gasteiger partial charge in [0.15, 0.2) is 5.96 Å². The molecule has 2 aromatic rings. The van der Waals surface area contributed by atoms with Crippen LogP contribution in [-0.4, -0.2) is 50.6 Å². The molecule has 0 aliphatic carbocycles. The Bertz CT molecular complexity index is 696. The molecule has 0 saturated carbocycles. The van der Waals surface area contributed by atoms with Crippen LogP contribution in [0, 0.1) is 0 Å². The predicted molar refractivity (Wildman–Crippen MR) is 102 cm³/mol. The molecule has 25 heavy (non-hydrogen) atoms. The van der Waals surface area contributed by atoms with E-state index in [1.807, 2.05) is 35.9 Å². The van der Waals surface area contributed by atoms with E-state index < -0.39 is 0 Å². The van der Waals surface area contributed by atoms with Gasteiger partial charge in [-0.25, -0.2) is 0 Å². The van der Waals surface area contributed by atoms with Gasteiger partial charge in [-0.05, 0) is 24.8 Å². The summed E-state index contributed by atoms with van der Waals surface area (Å²) in [5.74, 6) is 1.33. The zero-order valence-electron chi connectivity index (χ0n) is 16.3. The van der Waals surface area contributed by atoms with Crippen molar-refractivity contribution in [2.45, 2.75) is 39.7 Å². The molecule has 2 heterocycles. The Morgan fingerprint density at radius 1 is 1.28 bits per heavy atom. The first-order chi connectivity index (χ1) is 11.9. The fraction of sp³-hybridized carbons (Fsp3) is 0.611. The van der Waals surface area contributed by atoms with Gasteiger partial charge in [-0.3, -0.25) is 14.4 Å². The van der Waals surface area contributed by atoms with Crippen LogP contribution < -0.4 is 5.32 Å². The Kier molecular flexibility index (Phi) is 6.61. The van der Waals surface area contributed by atoms with E-state index in [1.54, 1.807) is 0 Å². The molecule has 2 aromatic heterocycles. The second kappa shape index (κ2) is 8.69. The lowest BCUT2D eigenvalue weighted by Gasteiger charge is -2.22. The Labute approximate surface area is 150 Å². The van der Waals surface area contributed by atoms with Gasteiger partial charge in [0.1, 0.15) is 0 Å². The Morgan fingerprint density at radius 2 is 2.04 bits per heavy atom. The SMILES string of the molecule is CCNC(=NCCc1cnn(C)c1)N(C)Cc1cn(C)nc1C(C)C. The van der Waals surface area contributed by atoms with E-state index in [-0.39, 0.29) is 0 Å². The van der Waals surface area contributed by atoms with Crippen LogP contribution >= 0.6 is 0 Å². The van der Waals surface area contributed by atoms with E-state index in [0.717, 1.165) is 37.7 Å². The zero-order chi connectivity index (χ0) is 18.4. The minimum atomic E-state index is 0.412. The van der Waals surface area contributed by atoms with Gasteiger partial charge in [0.25, 0.3) is 0 Å². The maximum Gasteiger partial charge on any atom is 0.193 e. The van der Waals surface area contributed by atoms with Crippen LogP contribution in [0.5, 0.6) is 0 Å². The van der Waals surface area contributed by atoms with Crippen molar-refractivity contribution < 1.29 is 0 Å². The van der Waals surface area contributed by atoms with Gasteiger partial charge < -0.3 is 10.2 Å². The van der Waals surface area contributed by atoms with Gasteiger partial charge >= 0.3 is 0 Å². The molecule has 7 nitrogen and oxygen atoms in total. The number of nitrogens with zero attached hydrogens (tertiary/aromatic N) is 6. The molecular weight excluding hydrogens is 314 g/mol. The highest BCUT2D eigenvalue weighted by molar-refractivity contribution is 5.79. The number of rotatable bonds is 7. The summed E-state index contributed by atoms with van der Waals surface area (Å²) in [6.45, 7) is 8.83.